The van der Waals surface area contributed by atoms with Crippen molar-refractivity contribution in [1.82, 2.24) is 15.2 Å². The normalized spacial score (nSPS) is 16.3. The molecule has 1 N–H and O–H groups in total. The Morgan fingerprint density at radius 2 is 1.88 bits per heavy atom. The number of carbonyl (C=O) groups excluding carboxylic acids is 1. The number of ether oxygens (including phenoxy) is 2. The molecule has 2 heterocycles. The number of rotatable bonds is 9. The number of hydrogen-bond acceptors (Lipinski definition) is 6. The van der Waals surface area contributed by atoms with Crippen molar-refractivity contribution in [1.29, 1.82) is 0 Å². The van der Waals surface area contributed by atoms with Crippen LogP contribution in [0.3, 0.4) is 0 Å². The van der Waals surface area contributed by atoms with Crippen molar-refractivity contribution in [3.63, 3.8) is 0 Å². The molecule has 0 saturated carbocycles. The van der Waals surface area contributed by atoms with E-state index >= 15 is 0 Å². The Bertz CT molecular complexity index is 1100. The second-order valence-electron chi connectivity index (χ2n) is 8.97. The molecule has 1 atom stereocenters. The molecule has 0 radical (unpaired) electrons. The molecule has 1 aromatic heterocycles. The number of amides is 1. The molecule has 4 rings (SSSR count). The smallest absolute Gasteiger partial charge is 0.226 e. The molecule has 34 heavy (non-hydrogen) atoms. The predicted octanol–water partition coefficient (Wildman–Crippen LogP) is 4.92. The SMILES string of the molecule is COc1ccc(-c2nc(CC(=O)NCc3ccc(CN4CCCC(C)C4)cc3)cs2)cc1OC. The molecule has 1 fully saturated rings. The van der Waals surface area contributed by atoms with E-state index < -0.39 is 0 Å². The van der Waals surface area contributed by atoms with Crippen molar-refractivity contribution < 1.29 is 14.3 Å². The Hall–Kier alpha value is -2.90. The van der Waals surface area contributed by atoms with Gasteiger partial charge in [0.05, 0.1) is 26.3 Å². The van der Waals surface area contributed by atoms with Gasteiger partial charge < -0.3 is 14.8 Å². The minimum atomic E-state index is -0.0319. The highest BCUT2D eigenvalue weighted by atomic mass is 32.1. The minimum Gasteiger partial charge on any atom is -0.493 e. The van der Waals surface area contributed by atoms with E-state index in [9.17, 15) is 4.79 Å². The predicted molar refractivity (Wildman–Crippen MR) is 136 cm³/mol. The van der Waals surface area contributed by atoms with E-state index in [2.05, 4.69) is 46.4 Å². The summed E-state index contributed by atoms with van der Waals surface area (Å²) in [5.41, 5.74) is 4.13. The van der Waals surface area contributed by atoms with Crippen LogP contribution in [0, 0.1) is 5.92 Å². The third-order valence-corrected chi connectivity index (χ3v) is 7.12. The van der Waals surface area contributed by atoms with Gasteiger partial charge >= 0.3 is 0 Å². The number of likely N-dealkylation sites (tertiary alicyclic amines) is 1. The molecule has 1 saturated heterocycles. The van der Waals surface area contributed by atoms with E-state index in [1.54, 1.807) is 14.2 Å². The molecule has 1 amide bonds. The molecular weight excluding hydrogens is 446 g/mol. The van der Waals surface area contributed by atoms with Gasteiger partial charge in [0.15, 0.2) is 11.5 Å². The van der Waals surface area contributed by atoms with Gasteiger partial charge in [-0.1, -0.05) is 31.2 Å². The molecule has 0 aliphatic carbocycles. The fourth-order valence-corrected chi connectivity index (χ4v) is 5.19. The molecule has 1 aliphatic heterocycles. The van der Waals surface area contributed by atoms with Crippen LogP contribution >= 0.6 is 11.3 Å². The van der Waals surface area contributed by atoms with Gasteiger partial charge in [-0.15, -0.1) is 11.3 Å². The number of methoxy groups -OCH3 is 2. The van der Waals surface area contributed by atoms with Crippen LogP contribution in [0.4, 0.5) is 0 Å². The van der Waals surface area contributed by atoms with E-state index in [-0.39, 0.29) is 12.3 Å². The number of piperidine rings is 1. The van der Waals surface area contributed by atoms with Crippen LogP contribution in [0.25, 0.3) is 10.6 Å². The van der Waals surface area contributed by atoms with Crippen LogP contribution in [0.15, 0.2) is 47.8 Å². The number of benzene rings is 2. The summed E-state index contributed by atoms with van der Waals surface area (Å²) in [7, 11) is 3.23. The number of nitrogens with zero attached hydrogens (tertiary/aromatic N) is 2. The molecule has 180 valence electrons. The largest absolute Gasteiger partial charge is 0.493 e. The van der Waals surface area contributed by atoms with E-state index in [0.717, 1.165) is 34.3 Å². The zero-order valence-corrected chi connectivity index (χ0v) is 21.0. The van der Waals surface area contributed by atoms with Gasteiger partial charge in [-0.05, 0) is 54.6 Å². The Morgan fingerprint density at radius 3 is 2.62 bits per heavy atom. The number of hydrogen-bond donors (Lipinski definition) is 1. The first-order valence-electron chi connectivity index (χ1n) is 11.8. The summed E-state index contributed by atoms with van der Waals surface area (Å²) in [6.45, 7) is 6.23. The van der Waals surface area contributed by atoms with Crippen LogP contribution in [0.5, 0.6) is 11.5 Å². The Morgan fingerprint density at radius 1 is 1.12 bits per heavy atom. The highest BCUT2D eigenvalue weighted by Gasteiger charge is 2.16. The van der Waals surface area contributed by atoms with Crippen LogP contribution < -0.4 is 14.8 Å². The van der Waals surface area contributed by atoms with Gasteiger partial charge in [-0.3, -0.25) is 9.69 Å². The molecule has 0 spiro atoms. The van der Waals surface area contributed by atoms with Crippen LogP contribution in [-0.4, -0.2) is 43.1 Å². The molecule has 6 nitrogen and oxygen atoms in total. The molecule has 2 aromatic carbocycles. The second-order valence-corrected chi connectivity index (χ2v) is 9.82. The van der Waals surface area contributed by atoms with Gasteiger partial charge in [0.1, 0.15) is 5.01 Å². The highest BCUT2D eigenvalue weighted by molar-refractivity contribution is 7.13. The van der Waals surface area contributed by atoms with E-state index in [1.165, 1.54) is 42.8 Å². The zero-order chi connectivity index (χ0) is 23.9. The Balaban J connectivity index is 1.27. The molecule has 1 unspecified atom stereocenters. The average Bonchev–Trinajstić information content (AvgIpc) is 3.31. The quantitative estimate of drug-likeness (QED) is 0.472. The molecule has 3 aromatic rings. The lowest BCUT2D eigenvalue weighted by molar-refractivity contribution is -0.120. The third kappa shape index (κ3) is 6.36. The first-order chi connectivity index (χ1) is 16.5. The number of carbonyl (C=O) groups is 1. The molecule has 7 heteroatoms. The van der Waals surface area contributed by atoms with Crippen molar-refractivity contribution in [2.75, 3.05) is 27.3 Å². The summed E-state index contributed by atoms with van der Waals surface area (Å²) in [6, 6.07) is 14.3. The van der Waals surface area contributed by atoms with Gasteiger partial charge in [0.25, 0.3) is 0 Å². The average molecular weight is 480 g/mol. The summed E-state index contributed by atoms with van der Waals surface area (Å²) in [5.74, 6) is 2.09. The number of nitrogens with one attached hydrogen (secondary N) is 1. The summed E-state index contributed by atoms with van der Waals surface area (Å²) in [4.78, 5) is 19.7. The van der Waals surface area contributed by atoms with Crippen molar-refractivity contribution >= 4 is 17.2 Å². The third-order valence-electron chi connectivity index (χ3n) is 6.18. The lowest BCUT2D eigenvalue weighted by Gasteiger charge is -2.30. The molecule has 1 aliphatic rings. The van der Waals surface area contributed by atoms with E-state index in [4.69, 9.17) is 9.47 Å². The van der Waals surface area contributed by atoms with Gasteiger partial charge in [-0.2, -0.15) is 0 Å². The summed E-state index contributed by atoms with van der Waals surface area (Å²) in [5, 5.41) is 5.80. The summed E-state index contributed by atoms with van der Waals surface area (Å²) in [6.07, 6.45) is 2.89. The maximum Gasteiger partial charge on any atom is 0.226 e. The standard InChI is InChI=1S/C27H33N3O3S/c1-19-5-4-12-30(16-19)17-21-8-6-20(7-9-21)15-28-26(31)14-23-18-34-27(29-23)22-10-11-24(32-2)25(13-22)33-3/h6-11,13,18-19H,4-5,12,14-17H2,1-3H3,(H,28,31). The monoisotopic (exact) mass is 479 g/mol. The lowest BCUT2D eigenvalue weighted by Crippen LogP contribution is -2.33. The first-order valence-corrected chi connectivity index (χ1v) is 12.7. The fraction of sp³-hybridized carbons (Fsp3) is 0.407. The van der Waals surface area contributed by atoms with Crippen molar-refractivity contribution in [3.05, 3.63) is 64.7 Å². The van der Waals surface area contributed by atoms with Crippen LogP contribution in [-0.2, 0) is 24.3 Å². The molecular formula is C27H33N3O3S. The minimum absolute atomic E-state index is 0.0319. The fourth-order valence-electron chi connectivity index (χ4n) is 4.37. The zero-order valence-electron chi connectivity index (χ0n) is 20.2. The second kappa shape index (κ2) is 11.5. The van der Waals surface area contributed by atoms with Crippen molar-refractivity contribution in [2.24, 2.45) is 5.92 Å². The first kappa shape index (κ1) is 24.2. The summed E-state index contributed by atoms with van der Waals surface area (Å²) < 4.78 is 10.7. The van der Waals surface area contributed by atoms with Crippen LogP contribution in [0.1, 0.15) is 36.6 Å². The van der Waals surface area contributed by atoms with Crippen molar-refractivity contribution in [2.45, 2.75) is 39.3 Å². The topological polar surface area (TPSA) is 63.7 Å². The maximum absolute atomic E-state index is 12.5. The van der Waals surface area contributed by atoms with E-state index in [1.807, 2.05) is 23.6 Å². The van der Waals surface area contributed by atoms with Crippen molar-refractivity contribution in [3.8, 4) is 22.1 Å². The van der Waals surface area contributed by atoms with Gasteiger partial charge in [-0.25, -0.2) is 4.98 Å². The van der Waals surface area contributed by atoms with Crippen LogP contribution in [0.2, 0.25) is 0 Å². The summed E-state index contributed by atoms with van der Waals surface area (Å²) >= 11 is 1.52. The number of thiazole rings is 1. The van der Waals surface area contributed by atoms with Gasteiger partial charge in [0, 0.05) is 30.6 Å². The Kier molecular flexibility index (Phi) is 8.19. The Labute approximate surface area is 205 Å². The maximum atomic E-state index is 12.5. The number of aromatic nitrogens is 1. The van der Waals surface area contributed by atoms with E-state index in [0.29, 0.717) is 18.0 Å². The lowest BCUT2D eigenvalue weighted by atomic mass is 9.99. The highest BCUT2D eigenvalue weighted by Crippen LogP contribution is 2.33. The molecule has 0 bridgehead atoms. The van der Waals surface area contributed by atoms with Gasteiger partial charge in [0.2, 0.25) is 5.91 Å².